The summed E-state index contributed by atoms with van der Waals surface area (Å²) in [6.07, 6.45) is 4.97. The van der Waals surface area contributed by atoms with Crippen LogP contribution in [0.2, 0.25) is 0 Å². The van der Waals surface area contributed by atoms with Gasteiger partial charge in [-0.3, -0.25) is 4.79 Å². The van der Waals surface area contributed by atoms with Crippen LogP contribution in [0.5, 0.6) is 5.75 Å². The molecular formula is C18H22N2O4. The van der Waals surface area contributed by atoms with Crippen LogP contribution in [0, 0.1) is 11.8 Å². The number of hydrogen-bond acceptors (Lipinski definition) is 4. The van der Waals surface area contributed by atoms with E-state index in [4.69, 9.17) is 9.47 Å². The molecule has 1 aliphatic heterocycles. The van der Waals surface area contributed by atoms with Gasteiger partial charge in [-0.05, 0) is 55.2 Å². The van der Waals surface area contributed by atoms with E-state index in [1.54, 1.807) is 0 Å². The maximum Gasteiger partial charge on any atom is 0.408 e. The maximum absolute atomic E-state index is 11.6. The number of fused-ring (bicyclic) bond motifs is 2. The Bertz CT molecular complexity index is 630. The zero-order chi connectivity index (χ0) is 16.5. The van der Waals surface area contributed by atoms with Gasteiger partial charge >= 0.3 is 6.09 Å². The molecule has 1 saturated heterocycles. The van der Waals surface area contributed by atoms with Crippen molar-refractivity contribution in [3.63, 3.8) is 0 Å². The smallest absolute Gasteiger partial charge is 0.408 e. The Hall–Kier alpha value is -2.24. The molecule has 3 fully saturated rings. The molecule has 1 heterocycles. The van der Waals surface area contributed by atoms with Crippen molar-refractivity contribution in [2.75, 3.05) is 6.54 Å². The first-order valence-corrected chi connectivity index (χ1v) is 8.64. The van der Waals surface area contributed by atoms with Gasteiger partial charge in [-0.1, -0.05) is 12.1 Å². The van der Waals surface area contributed by atoms with Gasteiger partial charge in [-0.2, -0.15) is 0 Å². The predicted molar refractivity (Wildman–Crippen MR) is 86.4 cm³/mol. The molecule has 24 heavy (non-hydrogen) atoms. The van der Waals surface area contributed by atoms with E-state index >= 15 is 0 Å². The normalized spacial score (nSPS) is 30.4. The van der Waals surface area contributed by atoms with E-state index in [-0.39, 0.29) is 12.5 Å². The third kappa shape index (κ3) is 3.18. The minimum atomic E-state index is -0.572. The van der Waals surface area contributed by atoms with Gasteiger partial charge in [0.2, 0.25) is 5.91 Å². The maximum atomic E-state index is 11.6. The van der Waals surface area contributed by atoms with Gasteiger partial charge in [0.05, 0.1) is 0 Å². The van der Waals surface area contributed by atoms with Gasteiger partial charge < -0.3 is 20.1 Å². The Labute approximate surface area is 140 Å². The minimum Gasteiger partial charge on any atom is -0.490 e. The van der Waals surface area contributed by atoms with Crippen LogP contribution in [0.25, 0.3) is 0 Å². The van der Waals surface area contributed by atoms with Crippen LogP contribution < -0.4 is 15.4 Å². The summed E-state index contributed by atoms with van der Waals surface area (Å²) in [4.78, 5) is 22.7. The molecule has 2 saturated carbocycles. The zero-order valence-corrected chi connectivity index (χ0v) is 13.5. The number of ether oxygens (including phenoxy) is 2. The van der Waals surface area contributed by atoms with E-state index in [1.165, 1.54) is 25.7 Å². The average molecular weight is 330 g/mol. The number of alkyl carbamates (subject to hydrolysis) is 1. The van der Waals surface area contributed by atoms with Gasteiger partial charge in [0.25, 0.3) is 0 Å². The monoisotopic (exact) mass is 330 g/mol. The summed E-state index contributed by atoms with van der Waals surface area (Å²) in [5.41, 5.74) is 0.892. The molecule has 6 heteroatoms. The SMILES string of the molecule is O=C(N[C@H]1CNC1=O)OCc1ccc(O[C@@H]2C[C@H]3CC[C@@H]2C3)cc1. The number of carbonyl (C=O) groups excluding carboxylic acids is 2. The van der Waals surface area contributed by atoms with Crippen molar-refractivity contribution in [2.45, 2.75) is 44.4 Å². The average Bonchev–Trinajstić information content (AvgIpc) is 3.20. The molecule has 128 valence electrons. The summed E-state index contributed by atoms with van der Waals surface area (Å²) in [7, 11) is 0. The number of carbonyl (C=O) groups is 2. The van der Waals surface area contributed by atoms with E-state index < -0.39 is 12.1 Å². The van der Waals surface area contributed by atoms with Crippen LogP contribution in [0.3, 0.4) is 0 Å². The number of benzene rings is 1. The minimum absolute atomic E-state index is 0.172. The van der Waals surface area contributed by atoms with Crippen molar-refractivity contribution in [3.8, 4) is 5.75 Å². The highest BCUT2D eigenvalue weighted by Gasteiger charge is 2.40. The molecule has 0 radical (unpaired) electrons. The summed E-state index contributed by atoms with van der Waals surface area (Å²) in [5, 5.41) is 5.07. The molecule has 1 aromatic carbocycles. The molecule has 6 nitrogen and oxygen atoms in total. The number of hydrogen-bond donors (Lipinski definition) is 2. The Balaban J connectivity index is 1.23. The Morgan fingerprint density at radius 3 is 2.62 bits per heavy atom. The third-order valence-electron chi connectivity index (χ3n) is 5.34. The number of nitrogens with one attached hydrogen (secondary N) is 2. The molecule has 3 aliphatic rings. The van der Waals surface area contributed by atoms with Gasteiger partial charge in [0.15, 0.2) is 0 Å². The van der Waals surface area contributed by atoms with Gasteiger partial charge in [0, 0.05) is 6.54 Å². The molecule has 2 bridgehead atoms. The lowest BCUT2D eigenvalue weighted by atomic mass is 9.98. The fourth-order valence-corrected chi connectivity index (χ4v) is 3.91. The molecule has 4 atom stereocenters. The van der Waals surface area contributed by atoms with Crippen LogP contribution in [-0.2, 0) is 16.1 Å². The van der Waals surface area contributed by atoms with Crippen molar-refractivity contribution in [3.05, 3.63) is 29.8 Å². The van der Waals surface area contributed by atoms with E-state index in [1.807, 2.05) is 24.3 Å². The summed E-state index contributed by atoms with van der Waals surface area (Å²) in [6, 6.07) is 7.22. The number of amides is 2. The van der Waals surface area contributed by atoms with Gasteiger partial charge in [-0.15, -0.1) is 0 Å². The highest BCUT2D eigenvalue weighted by Crippen LogP contribution is 2.45. The summed E-state index contributed by atoms with van der Waals surface area (Å²) < 4.78 is 11.2. The van der Waals surface area contributed by atoms with Crippen LogP contribution in [0.4, 0.5) is 4.79 Å². The summed E-state index contributed by atoms with van der Waals surface area (Å²) >= 11 is 0. The Morgan fingerprint density at radius 2 is 2.04 bits per heavy atom. The van der Waals surface area contributed by atoms with Crippen molar-refractivity contribution in [1.82, 2.24) is 10.6 Å². The van der Waals surface area contributed by atoms with E-state index in [0.717, 1.165) is 23.1 Å². The van der Waals surface area contributed by atoms with E-state index in [0.29, 0.717) is 12.6 Å². The second-order valence-corrected chi connectivity index (χ2v) is 6.99. The molecule has 2 amide bonds. The van der Waals surface area contributed by atoms with Gasteiger partial charge in [-0.25, -0.2) is 4.79 Å². The first-order valence-electron chi connectivity index (χ1n) is 8.64. The van der Waals surface area contributed by atoms with E-state index in [9.17, 15) is 9.59 Å². The molecule has 0 unspecified atom stereocenters. The van der Waals surface area contributed by atoms with Crippen molar-refractivity contribution in [2.24, 2.45) is 11.8 Å². The van der Waals surface area contributed by atoms with E-state index in [2.05, 4.69) is 10.6 Å². The topological polar surface area (TPSA) is 76.7 Å². The van der Waals surface area contributed by atoms with Crippen LogP contribution in [-0.4, -0.2) is 30.7 Å². The molecule has 0 spiro atoms. The second-order valence-electron chi connectivity index (χ2n) is 6.99. The second kappa shape index (κ2) is 6.34. The molecule has 1 aromatic rings. The van der Waals surface area contributed by atoms with Crippen LogP contribution >= 0.6 is 0 Å². The van der Waals surface area contributed by atoms with Crippen molar-refractivity contribution >= 4 is 12.0 Å². The number of β-lactam (4-membered cyclic amide) rings is 1. The molecule has 2 aliphatic carbocycles. The first kappa shape index (κ1) is 15.3. The summed E-state index contributed by atoms with van der Waals surface area (Å²) in [6.45, 7) is 0.636. The first-order chi connectivity index (χ1) is 11.7. The van der Waals surface area contributed by atoms with Crippen LogP contribution in [0.1, 0.15) is 31.2 Å². The highest BCUT2D eigenvalue weighted by molar-refractivity contribution is 5.90. The molecule has 4 rings (SSSR count). The lowest BCUT2D eigenvalue weighted by molar-refractivity contribution is -0.128. The fraction of sp³-hybridized carbons (Fsp3) is 0.556. The third-order valence-corrected chi connectivity index (χ3v) is 5.34. The van der Waals surface area contributed by atoms with Gasteiger partial charge in [0.1, 0.15) is 24.5 Å². The van der Waals surface area contributed by atoms with Crippen molar-refractivity contribution in [1.29, 1.82) is 0 Å². The molecular weight excluding hydrogens is 308 g/mol. The standard InChI is InChI=1S/C18H22N2O4/c21-17-15(9-19-17)20-18(22)23-10-11-2-5-14(6-3-11)24-16-8-12-1-4-13(16)7-12/h2-3,5-6,12-13,15-16H,1,4,7-10H2,(H,19,21)(H,20,22)/t12-,13+,15-,16+/m0/s1. The molecule has 2 N–H and O–H groups in total. The largest absolute Gasteiger partial charge is 0.490 e. The van der Waals surface area contributed by atoms with Crippen LogP contribution in [0.15, 0.2) is 24.3 Å². The quantitative estimate of drug-likeness (QED) is 0.810. The van der Waals surface area contributed by atoms with Crippen molar-refractivity contribution < 1.29 is 19.1 Å². The Morgan fingerprint density at radius 1 is 1.21 bits per heavy atom. The zero-order valence-electron chi connectivity index (χ0n) is 13.5. The lowest BCUT2D eigenvalue weighted by Gasteiger charge is -2.26. The predicted octanol–water partition coefficient (Wildman–Crippen LogP) is 1.98. The fourth-order valence-electron chi connectivity index (χ4n) is 3.91. The lowest BCUT2D eigenvalue weighted by Crippen LogP contribution is -2.61. The summed E-state index contributed by atoms with van der Waals surface area (Å²) in [5.74, 6) is 2.30. The highest BCUT2D eigenvalue weighted by atomic mass is 16.5. The molecule has 0 aromatic heterocycles. The number of rotatable bonds is 5. The Kier molecular flexibility index (Phi) is 4.04.